The molecule has 0 spiro atoms. The van der Waals surface area contributed by atoms with Crippen LogP contribution in [-0.4, -0.2) is 33.8 Å². The third kappa shape index (κ3) is 4.15. The fourth-order valence-electron chi connectivity index (χ4n) is 2.60. The minimum absolute atomic E-state index is 0.321. The van der Waals surface area contributed by atoms with E-state index in [0.29, 0.717) is 16.4 Å². The van der Waals surface area contributed by atoms with Gasteiger partial charge in [0.2, 0.25) is 0 Å². The molecule has 3 aromatic rings. The van der Waals surface area contributed by atoms with E-state index >= 15 is 0 Å². The molecule has 3 rings (SSSR count). The number of urea groups is 1. The van der Waals surface area contributed by atoms with E-state index in [2.05, 4.69) is 5.10 Å². The van der Waals surface area contributed by atoms with E-state index in [1.54, 1.807) is 16.8 Å². The first kappa shape index (κ1) is 19.8. The van der Waals surface area contributed by atoms with Gasteiger partial charge in [-0.3, -0.25) is 14.8 Å². The molecule has 0 aliphatic carbocycles. The number of carbonyl (C=O) groups is 3. The summed E-state index contributed by atoms with van der Waals surface area (Å²) in [6.07, 6.45) is -1.16. The van der Waals surface area contributed by atoms with Gasteiger partial charge in [-0.05, 0) is 31.5 Å². The van der Waals surface area contributed by atoms with Crippen LogP contribution >= 0.6 is 22.9 Å². The summed E-state index contributed by atoms with van der Waals surface area (Å²) in [4.78, 5) is 35.9. The Kier molecular flexibility index (Phi) is 5.66. The fraction of sp³-hybridized carbons (Fsp3) is 0.222. The number of benzene rings is 1. The van der Waals surface area contributed by atoms with Gasteiger partial charge in [-0.25, -0.2) is 9.59 Å². The van der Waals surface area contributed by atoms with Gasteiger partial charge in [0.25, 0.3) is 5.91 Å². The maximum absolute atomic E-state index is 12.4. The van der Waals surface area contributed by atoms with E-state index in [1.165, 1.54) is 18.3 Å². The van der Waals surface area contributed by atoms with E-state index in [-0.39, 0.29) is 0 Å². The Labute approximate surface area is 169 Å². The number of carbonyl (C=O) groups excluding carboxylic acids is 3. The van der Waals surface area contributed by atoms with Gasteiger partial charge in [-0.1, -0.05) is 29.8 Å². The molecule has 0 aliphatic rings. The second-order valence-electron chi connectivity index (χ2n) is 6.06. The Morgan fingerprint density at radius 1 is 1.36 bits per heavy atom. The van der Waals surface area contributed by atoms with Gasteiger partial charge in [0.1, 0.15) is 9.71 Å². The van der Waals surface area contributed by atoms with E-state index in [4.69, 9.17) is 22.1 Å². The molecule has 0 radical (unpaired) electrons. The van der Waals surface area contributed by atoms with E-state index in [1.807, 2.05) is 30.4 Å². The summed E-state index contributed by atoms with van der Waals surface area (Å²) in [7, 11) is 0. The van der Waals surface area contributed by atoms with Gasteiger partial charge in [-0.15, -0.1) is 11.3 Å². The highest BCUT2D eigenvalue weighted by molar-refractivity contribution is 7.20. The maximum Gasteiger partial charge on any atom is 0.349 e. The van der Waals surface area contributed by atoms with Gasteiger partial charge in [0.05, 0.1) is 12.2 Å². The summed E-state index contributed by atoms with van der Waals surface area (Å²) in [6.45, 7) is 3.65. The van der Waals surface area contributed by atoms with Crippen LogP contribution in [0.4, 0.5) is 4.79 Å². The Morgan fingerprint density at radius 3 is 2.75 bits per heavy atom. The lowest BCUT2D eigenvalue weighted by molar-refractivity contribution is -0.127. The number of rotatable bonds is 5. The molecule has 2 aromatic heterocycles. The van der Waals surface area contributed by atoms with Crippen LogP contribution in [0.1, 0.15) is 27.9 Å². The minimum Gasteiger partial charge on any atom is -0.448 e. The van der Waals surface area contributed by atoms with Crippen molar-refractivity contribution in [2.45, 2.75) is 26.5 Å². The smallest absolute Gasteiger partial charge is 0.349 e. The molecule has 3 N–H and O–H groups in total. The van der Waals surface area contributed by atoms with Crippen LogP contribution in [0.5, 0.6) is 0 Å². The lowest BCUT2D eigenvalue weighted by atomic mass is 10.2. The van der Waals surface area contributed by atoms with Gasteiger partial charge in [0, 0.05) is 10.4 Å². The highest BCUT2D eigenvalue weighted by Gasteiger charge is 2.23. The number of esters is 1. The predicted molar refractivity (Wildman–Crippen MR) is 106 cm³/mol. The summed E-state index contributed by atoms with van der Waals surface area (Å²) < 4.78 is 6.89. The molecule has 1 unspecified atom stereocenters. The zero-order valence-electron chi connectivity index (χ0n) is 15.1. The van der Waals surface area contributed by atoms with Crippen LogP contribution in [0.3, 0.4) is 0 Å². The molecule has 1 atom stereocenters. The zero-order chi connectivity index (χ0) is 20.4. The summed E-state index contributed by atoms with van der Waals surface area (Å²) in [6, 6.07) is 8.12. The number of fused-ring (bicyclic) bond motifs is 1. The number of nitrogens with two attached hydrogens (primary N) is 1. The average Bonchev–Trinajstić information content (AvgIpc) is 3.18. The molecule has 8 nitrogen and oxygen atoms in total. The van der Waals surface area contributed by atoms with E-state index in [0.717, 1.165) is 21.5 Å². The zero-order valence-corrected chi connectivity index (χ0v) is 16.6. The van der Waals surface area contributed by atoms with Crippen LogP contribution in [0.25, 0.3) is 10.2 Å². The number of nitrogens with zero attached hydrogens (tertiary/aromatic N) is 2. The van der Waals surface area contributed by atoms with Crippen molar-refractivity contribution in [2.75, 3.05) is 0 Å². The predicted octanol–water partition coefficient (Wildman–Crippen LogP) is 2.85. The van der Waals surface area contributed by atoms with Crippen LogP contribution < -0.4 is 11.1 Å². The van der Waals surface area contributed by atoms with Gasteiger partial charge >= 0.3 is 12.0 Å². The lowest BCUT2D eigenvalue weighted by Crippen LogP contribution is -2.42. The Hall–Kier alpha value is -2.91. The topological polar surface area (TPSA) is 116 Å². The molecular formula is C18H17ClN4O4S. The number of imide groups is 1. The Balaban J connectivity index is 1.82. The van der Waals surface area contributed by atoms with Crippen molar-refractivity contribution >= 4 is 51.1 Å². The molecule has 3 amide bonds. The van der Waals surface area contributed by atoms with Crippen molar-refractivity contribution in [1.82, 2.24) is 15.1 Å². The molecule has 2 heterocycles. The van der Waals surface area contributed by atoms with E-state index < -0.39 is 24.0 Å². The average molecular weight is 421 g/mol. The highest BCUT2D eigenvalue weighted by Crippen LogP contribution is 2.30. The van der Waals surface area contributed by atoms with Crippen molar-refractivity contribution in [1.29, 1.82) is 0 Å². The first-order valence-electron chi connectivity index (χ1n) is 8.28. The largest absolute Gasteiger partial charge is 0.448 e. The van der Waals surface area contributed by atoms with Crippen molar-refractivity contribution in [3.8, 4) is 0 Å². The number of aryl methyl sites for hydroxylation is 1. The number of nitrogens with one attached hydrogen (secondary N) is 1. The number of ether oxygens (including phenoxy) is 1. The second kappa shape index (κ2) is 7.99. The summed E-state index contributed by atoms with van der Waals surface area (Å²) in [5, 5.41) is 7.83. The Bertz CT molecular complexity index is 1070. The number of aromatic nitrogens is 2. The molecule has 0 bridgehead atoms. The van der Waals surface area contributed by atoms with Crippen molar-refractivity contribution < 1.29 is 19.1 Å². The van der Waals surface area contributed by atoms with Crippen LogP contribution in [0, 0.1) is 6.92 Å². The summed E-state index contributed by atoms with van der Waals surface area (Å²) in [5.74, 6) is -1.46. The van der Waals surface area contributed by atoms with Crippen LogP contribution in [0.15, 0.2) is 30.3 Å². The molecule has 0 fully saturated rings. The third-order valence-electron chi connectivity index (χ3n) is 3.99. The standard InChI is InChI=1S/C18H17ClN4O4S/c1-9-12-7-14(17(25)27-10(2)15(24)21-18(20)26)28-16(12)23(22-9)8-11-5-3-4-6-13(11)19/h3-7,10H,8H2,1-2H3,(H3,20,21,24,26). The lowest BCUT2D eigenvalue weighted by Gasteiger charge is -2.10. The SMILES string of the molecule is Cc1nn(Cc2ccccc2Cl)c2sc(C(=O)OC(C)C(=O)NC(N)=O)cc12. The summed E-state index contributed by atoms with van der Waals surface area (Å²) in [5.41, 5.74) is 6.56. The number of amides is 3. The van der Waals surface area contributed by atoms with Gasteiger partial charge in [0.15, 0.2) is 6.10 Å². The molecule has 146 valence electrons. The molecule has 1 aromatic carbocycles. The first-order chi connectivity index (χ1) is 13.3. The van der Waals surface area contributed by atoms with Gasteiger partial charge < -0.3 is 10.5 Å². The number of halogens is 1. The molecule has 0 aliphatic heterocycles. The molecule has 0 saturated carbocycles. The Morgan fingerprint density at radius 2 is 2.07 bits per heavy atom. The monoisotopic (exact) mass is 420 g/mol. The van der Waals surface area contributed by atoms with Gasteiger partial charge in [-0.2, -0.15) is 5.10 Å². The quantitative estimate of drug-likeness (QED) is 0.615. The number of thiophene rings is 1. The molecule has 10 heteroatoms. The van der Waals surface area contributed by atoms with E-state index in [9.17, 15) is 14.4 Å². The minimum atomic E-state index is -1.16. The number of hydrogen-bond acceptors (Lipinski definition) is 6. The molecule has 28 heavy (non-hydrogen) atoms. The van der Waals surface area contributed by atoms with Crippen LogP contribution in [0.2, 0.25) is 5.02 Å². The first-order valence-corrected chi connectivity index (χ1v) is 9.47. The normalized spacial score (nSPS) is 12.0. The second-order valence-corrected chi connectivity index (χ2v) is 7.50. The van der Waals surface area contributed by atoms with Crippen molar-refractivity contribution in [2.24, 2.45) is 5.73 Å². The van der Waals surface area contributed by atoms with Crippen molar-refractivity contribution in [3.63, 3.8) is 0 Å². The highest BCUT2D eigenvalue weighted by atomic mass is 35.5. The van der Waals surface area contributed by atoms with Crippen molar-refractivity contribution in [3.05, 3.63) is 51.5 Å². The number of hydrogen-bond donors (Lipinski definition) is 2. The molecule has 0 saturated heterocycles. The fourth-order valence-corrected chi connectivity index (χ4v) is 3.84. The van der Waals surface area contributed by atoms with Crippen LogP contribution in [-0.2, 0) is 16.1 Å². The summed E-state index contributed by atoms with van der Waals surface area (Å²) >= 11 is 7.43. The number of primary amides is 1. The maximum atomic E-state index is 12.4. The molecular weight excluding hydrogens is 404 g/mol. The third-order valence-corrected chi connectivity index (χ3v) is 5.48.